The summed E-state index contributed by atoms with van der Waals surface area (Å²) in [7, 11) is 0. The van der Waals surface area contributed by atoms with Crippen LogP contribution in [0.25, 0.3) is 0 Å². The molecule has 37 heavy (non-hydrogen) atoms. The molecule has 0 fully saturated rings. The fraction of sp³-hybridized carbons (Fsp3) is 0.970. The van der Waals surface area contributed by atoms with E-state index in [0.717, 1.165) is 32.5 Å². The maximum absolute atomic E-state index is 10.4. The highest BCUT2D eigenvalue weighted by Crippen LogP contribution is 2.14. The van der Waals surface area contributed by atoms with Gasteiger partial charge in [-0.1, -0.05) is 163 Å². The van der Waals surface area contributed by atoms with E-state index >= 15 is 0 Å². The van der Waals surface area contributed by atoms with Crippen LogP contribution in [-0.2, 0) is 4.79 Å². The highest BCUT2D eigenvalue weighted by atomic mass is 16.4. The lowest BCUT2D eigenvalue weighted by atomic mass is 10.0. The van der Waals surface area contributed by atoms with Gasteiger partial charge in [0.15, 0.2) is 0 Å². The van der Waals surface area contributed by atoms with Gasteiger partial charge in [0.25, 0.3) is 0 Å². The Morgan fingerprint density at radius 1 is 0.432 bits per heavy atom. The predicted molar refractivity (Wildman–Crippen MR) is 165 cm³/mol. The Morgan fingerprint density at radius 3 is 1.03 bits per heavy atom. The number of carboxylic acids is 1. The van der Waals surface area contributed by atoms with Gasteiger partial charge in [-0.3, -0.25) is 4.79 Å². The molecule has 4 nitrogen and oxygen atoms in total. The Balaban J connectivity index is 0. The van der Waals surface area contributed by atoms with Crippen LogP contribution >= 0.6 is 0 Å². The minimum atomic E-state index is -0.651. The van der Waals surface area contributed by atoms with Crippen molar-refractivity contribution in [3.63, 3.8) is 0 Å². The SMILES string of the molecule is CCCCCCCCCCCCCCCCCCCCCC(=O)O.CCCCCN(CC)N(CC)CC. The number of carbonyl (C=O) groups is 1. The van der Waals surface area contributed by atoms with E-state index in [9.17, 15) is 4.79 Å². The first-order chi connectivity index (χ1) is 18.1. The van der Waals surface area contributed by atoms with E-state index in [1.807, 2.05) is 0 Å². The van der Waals surface area contributed by atoms with Crippen molar-refractivity contribution in [1.82, 2.24) is 10.0 Å². The summed E-state index contributed by atoms with van der Waals surface area (Å²) in [5.41, 5.74) is 0. The Kier molecular flexibility index (Phi) is 34.8. The van der Waals surface area contributed by atoms with Crippen molar-refractivity contribution >= 4 is 5.97 Å². The third kappa shape index (κ3) is 31.5. The summed E-state index contributed by atoms with van der Waals surface area (Å²) in [5.74, 6) is -0.651. The average molecular weight is 527 g/mol. The molecule has 0 unspecified atom stereocenters. The van der Waals surface area contributed by atoms with Gasteiger partial charge in [0.2, 0.25) is 0 Å². The summed E-state index contributed by atoms with van der Waals surface area (Å²) in [6, 6.07) is 0. The molecular formula is C33H70N2O2. The zero-order valence-electron chi connectivity index (χ0n) is 26.3. The molecule has 0 radical (unpaired) electrons. The molecule has 0 aliphatic heterocycles. The number of hydrogen-bond acceptors (Lipinski definition) is 3. The lowest BCUT2D eigenvalue weighted by Gasteiger charge is -2.32. The topological polar surface area (TPSA) is 43.8 Å². The molecule has 0 aromatic rings. The van der Waals surface area contributed by atoms with Crippen molar-refractivity contribution in [3.05, 3.63) is 0 Å². The van der Waals surface area contributed by atoms with E-state index in [0.29, 0.717) is 6.42 Å². The van der Waals surface area contributed by atoms with Crippen molar-refractivity contribution in [2.75, 3.05) is 26.2 Å². The third-order valence-electron chi connectivity index (χ3n) is 7.51. The Hall–Kier alpha value is -0.610. The maximum atomic E-state index is 10.4. The first kappa shape index (κ1) is 38.5. The summed E-state index contributed by atoms with van der Waals surface area (Å²) < 4.78 is 0. The summed E-state index contributed by atoms with van der Waals surface area (Å²) in [5, 5.41) is 13.5. The molecule has 0 atom stereocenters. The van der Waals surface area contributed by atoms with Crippen LogP contribution in [0.2, 0.25) is 0 Å². The minimum Gasteiger partial charge on any atom is -0.481 e. The number of aliphatic carboxylic acids is 1. The molecule has 0 saturated heterocycles. The second kappa shape index (κ2) is 33.4. The molecule has 0 bridgehead atoms. The molecule has 0 heterocycles. The highest BCUT2D eigenvalue weighted by molar-refractivity contribution is 5.66. The molecular weight excluding hydrogens is 456 g/mol. The highest BCUT2D eigenvalue weighted by Gasteiger charge is 2.08. The number of rotatable bonds is 28. The smallest absolute Gasteiger partial charge is 0.303 e. The lowest BCUT2D eigenvalue weighted by molar-refractivity contribution is -0.137. The van der Waals surface area contributed by atoms with Gasteiger partial charge in [0.1, 0.15) is 0 Å². The molecule has 4 heteroatoms. The Morgan fingerprint density at radius 2 is 0.730 bits per heavy atom. The Labute approximate surface area is 234 Å². The standard InChI is InChI=1S/C22H44O2.C11H26N2/c1-2-3-4-5-6-7-8-9-10-11-12-13-14-15-16-17-18-19-20-21-22(23)24;1-5-9-10-11-13(8-4)12(6-2)7-3/h2-21H2,1H3,(H,23,24);5-11H2,1-4H3. The molecule has 0 spiro atoms. The van der Waals surface area contributed by atoms with Gasteiger partial charge in [0, 0.05) is 32.6 Å². The van der Waals surface area contributed by atoms with E-state index in [1.165, 1.54) is 135 Å². The number of nitrogens with zero attached hydrogens (tertiary/aromatic N) is 2. The summed E-state index contributed by atoms with van der Waals surface area (Å²) in [6.07, 6.45) is 30.1. The number of unbranched alkanes of at least 4 members (excludes halogenated alkanes) is 20. The summed E-state index contributed by atoms with van der Waals surface area (Å²) in [4.78, 5) is 10.4. The van der Waals surface area contributed by atoms with E-state index in [1.54, 1.807) is 0 Å². The van der Waals surface area contributed by atoms with Crippen LogP contribution in [0.1, 0.15) is 182 Å². The Bertz CT molecular complexity index is 427. The fourth-order valence-electron chi connectivity index (χ4n) is 5.02. The van der Waals surface area contributed by atoms with Crippen LogP contribution in [0.15, 0.2) is 0 Å². The zero-order chi connectivity index (χ0) is 27.8. The van der Waals surface area contributed by atoms with Crippen LogP contribution in [0.5, 0.6) is 0 Å². The molecule has 0 aromatic carbocycles. The summed E-state index contributed by atoms with van der Waals surface area (Å²) in [6.45, 7) is 15.9. The van der Waals surface area contributed by atoms with Crippen molar-refractivity contribution < 1.29 is 9.90 Å². The van der Waals surface area contributed by atoms with Crippen molar-refractivity contribution in [3.8, 4) is 0 Å². The van der Waals surface area contributed by atoms with E-state index in [2.05, 4.69) is 44.6 Å². The van der Waals surface area contributed by atoms with Gasteiger partial charge >= 0.3 is 5.97 Å². The number of carboxylic acid groups (broad SMARTS) is 1. The lowest BCUT2D eigenvalue weighted by Crippen LogP contribution is -2.42. The number of hydrazine groups is 1. The van der Waals surface area contributed by atoms with Crippen LogP contribution in [0, 0.1) is 0 Å². The third-order valence-corrected chi connectivity index (χ3v) is 7.51. The molecule has 0 saturated carbocycles. The maximum Gasteiger partial charge on any atom is 0.303 e. The normalized spacial score (nSPS) is 11.2. The van der Waals surface area contributed by atoms with Crippen molar-refractivity contribution in [1.29, 1.82) is 0 Å². The van der Waals surface area contributed by atoms with E-state index < -0.39 is 5.97 Å². The van der Waals surface area contributed by atoms with Gasteiger partial charge in [-0.05, 0) is 12.8 Å². The molecule has 0 aliphatic rings. The molecule has 0 amide bonds. The largest absolute Gasteiger partial charge is 0.481 e. The fourth-order valence-corrected chi connectivity index (χ4v) is 5.02. The van der Waals surface area contributed by atoms with Crippen LogP contribution < -0.4 is 0 Å². The van der Waals surface area contributed by atoms with Gasteiger partial charge in [-0.15, -0.1) is 0 Å². The van der Waals surface area contributed by atoms with E-state index in [-0.39, 0.29) is 0 Å². The second-order valence-corrected chi connectivity index (χ2v) is 10.9. The predicted octanol–water partition coefficient (Wildman–Crippen LogP) is 10.6. The van der Waals surface area contributed by atoms with Crippen LogP contribution in [0.4, 0.5) is 0 Å². The monoisotopic (exact) mass is 527 g/mol. The number of hydrogen-bond donors (Lipinski definition) is 1. The van der Waals surface area contributed by atoms with Gasteiger partial charge in [-0.2, -0.15) is 0 Å². The zero-order valence-corrected chi connectivity index (χ0v) is 26.3. The quantitative estimate of drug-likeness (QED) is 0.0813. The summed E-state index contributed by atoms with van der Waals surface area (Å²) >= 11 is 0. The second-order valence-electron chi connectivity index (χ2n) is 10.9. The molecule has 224 valence electrons. The molecule has 1 N–H and O–H groups in total. The molecule has 0 aliphatic carbocycles. The van der Waals surface area contributed by atoms with Crippen LogP contribution in [0.3, 0.4) is 0 Å². The van der Waals surface area contributed by atoms with Crippen LogP contribution in [-0.4, -0.2) is 47.3 Å². The first-order valence-corrected chi connectivity index (χ1v) is 16.8. The molecule has 0 aromatic heterocycles. The van der Waals surface area contributed by atoms with Gasteiger partial charge < -0.3 is 5.11 Å². The van der Waals surface area contributed by atoms with Crippen molar-refractivity contribution in [2.24, 2.45) is 0 Å². The van der Waals surface area contributed by atoms with Gasteiger partial charge in [0.05, 0.1) is 0 Å². The van der Waals surface area contributed by atoms with Gasteiger partial charge in [-0.25, -0.2) is 10.0 Å². The van der Waals surface area contributed by atoms with Crippen molar-refractivity contribution in [2.45, 2.75) is 182 Å². The average Bonchev–Trinajstić information content (AvgIpc) is 2.90. The molecule has 0 rings (SSSR count). The minimum absolute atomic E-state index is 0.346. The first-order valence-electron chi connectivity index (χ1n) is 16.8. The van der Waals surface area contributed by atoms with E-state index in [4.69, 9.17) is 5.11 Å².